The summed E-state index contributed by atoms with van der Waals surface area (Å²) in [4.78, 5) is 22.2. The van der Waals surface area contributed by atoms with E-state index in [9.17, 15) is 9.59 Å². The number of amides is 1. The van der Waals surface area contributed by atoms with Gasteiger partial charge in [0.15, 0.2) is 0 Å². The number of hydrogen-bond donors (Lipinski definition) is 2. The molecule has 0 atom stereocenters. The molecule has 0 aliphatic rings. The maximum Gasteiger partial charge on any atom is 0.303 e. The minimum Gasteiger partial charge on any atom is -0.494 e. The first-order valence-corrected chi connectivity index (χ1v) is 7.72. The van der Waals surface area contributed by atoms with Crippen LogP contribution in [0.3, 0.4) is 0 Å². The van der Waals surface area contributed by atoms with Gasteiger partial charge < -0.3 is 15.2 Å². The summed E-state index contributed by atoms with van der Waals surface area (Å²) in [6, 6.07) is 7.31. The van der Waals surface area contributed by atoms with Crippen LogP contribution in [0.25, 0.3) is 0 Å². The Labute approximate surface area is 131 Å². The Kier molecular flexibility index (Phi) is 8.04. The lowest BCUT2D eigenvalue weighted by atomic mass is 10.1. The molecule has 0 radical (unpaired) electrons. The van der Waals surface area contributed by atoms with E-state index in [0.717, 1.165) is 12.2 Å². The first kappa shape index (κ1) is 18.0. The van der Waals surface area contributed by atoms with Gasteiger partial charge >= 0.3 is 5.97 Å². The van der Waals surface area contributed by atoms with Gasteiger partial charge in [0.25, 0.3) is 0 Å². The molecule has 0 aliphatic carbocycles. The fourth-order valence-electron chi connectivity index (χ4n) is 1.86. The number of anilines is 1. The normalized spacial score (nSPS) is 10.5. The summed E-state index contributed by atoms with van der Waals surface area (Å²) in [5, 5.41) is 11.3. The van der Waals surface area contributed by atoms with Gasteiger partial charge in [0.2, 0.25) is 5.91 Å². The highest BCUT2D eigenvalue weighted by atomic mass is 16.5. The van der Waals surface area contributed by atoms with Crippen molar-refractivity contribution in [1.82, 2.24) is 0 Å². The van der Waals surface area contributed by atoms with E-state index in [1.807, 2.05) is 18.2 Å². The molecule has 0 saturated carbocycles. The van der Waals surface area contributed by atoms with E-state index in [1.54, 1.807) is 6.07 Å². The number of nitrogens with one attached hydrogen (secondary N) is 1. The van der Waals surface area contributed by atoms with Crippen molar-refractivity contribution in [3.63, 3.8) is 0 Å². The van der Waals surface area contributed by atoms with Gasteiger partial charge in [0.05, 0.1) is 6.61 Å². The number of ether oxygens (including phenoxy) is 1. The molecule has 0 saturated heterocycles. The summed E-state index contributed by atoms with van der Waals surface area (Å²) in [6.07, 6.45) is 2.50. The predicted molar refractivity (Wildman–Crippen MR) is 86.1 cm³/mol. The second-order valence-corrected chi connectivity index (χ2v) is 5.71. The molecular formula is C17H25NO4. The summed E-state index contributed by atoms with van der Waals surface area (Å²) in [5.74, 6) is 0.398. The smallest absolute Gasteiger partial charge is 0.303 e. The van der Waals surface area contributed by atoms with Crippen LogP contribution in [-0.4, -0.2) is 23.6 Å². The highest BCUT2D eigenvalue weighted by Gasteiger charge is 2.05. The van der Waals surface area contributed by atoms with E-state index < -0.39 is 5.97 Å². The van der Waals surface area contributed by atoms with Crippen LogP contribution >= 0.6 is 0 Å². The zero-order valence-corrected chi connectivity index (χ0v) is 13.3. The molecule has 22 heavy (non-hydrogen) atoms. The van der Waals surface area contributed by atoms with Crippen LogP contribution < -0.4 is 10.1 Å². The third-order valence-electron chi connectivity index (χ3n) is 3.13. The number of unbranched alkanes of at least 4 members (excludes halogenated alkanes) is 1. The van der Waals surface area contributed by atoms with Crippen molar-refractivity contribution in [2.75, 3.05) is 11.9 Å². The van der Waals surface area contributed by atoms with E-state index >= 15 is 0 Å². The fraction of sp³-hybridized carbons (Fsp3) is 0.529. The van der Waals surface area contributed by atoms with Gasteiger partial charge in [0.1, 0.15) is 5.75 Å². The van der Waals surface area contributed by atoms with Crippen LogP contribution in [0.15, 0.2) is 24.3 Å². The van der Waals surface area contributed by atoms with Crippen LogP contribution in [0.1, 0.15) is 46.0 Å². The van der Waals surface area contributed by atoms with Crippen molar-refractivity contribution in [2.24, 2.45) is 5.92 Å². The van der Waals surface area contributed by atoms with Gasteiger partial charge in [0, 0.05) is 24.6 Å². The SMILES string of the molecule is CC(C)CCOc1cccc(NC(=O)CCCCC(=O)O)c1. The standard InChI is InChI=1S/C17H25NO4/c1-13(2)10-11-22-15-7-5-6-14(12-15)18-16(19)8-3-4-9-17(20)21/h5-7,12-13H,3-4,8-11H2,1-2H3,(H,18,19)(H,20,21). The Bertz CT molecular complexity index is 485. The van der Waals surface area contributed by atoms with E-state index in [4.69, 9.17) is 9.84 Å². The van der Waals surface area contributed by atoms with Crippen molar-refractivity contribution < 1.29 is 19.4 Å². The molecule has 0 aromatic heterocycles. The van der Waals surface area contributed by atoms with Gasteiger partial charge in [-0.1, -0.05) is 19.9 Å². The Morgan fingerprint density at radius 2 is 1.95 bits per heavy atom. The number of benzene rings is 1. The molecule has 0 bridgehead atoms. The van der Waals surface area contributed by atoms with Gasteiger partial charge in [-0.15, -0.1) is 0 Å². The maximum absolute atomic E-state index is 11.8. The minimum atomic E-state index is -0.827. The number of aliphatic carboxylic acids is 1. The number of carbonyl (C=O) groups is 2. The lowest BCUT2D eigenvalue weighted by molar-refractivity contribution is -0.137. The molecule has 0 unspecified atom stereocenters. The van der Waals surface area contributed by atoms with Crippen LogP contribution in [0.4, 0.5) is 5.69 Å². The molecule has 122 valence electrons. The predicted octanol–water partition coefficient (Wildman–Crippen LogP) is 3.70. The highest BCUT2D eigenvalue weighted by molar-refractivity contribution is 5.90. The zero-order chi connectivity index (χ0) is 16.4. The Balaban J connectivity index is 2.35. The molecule has 1 rings (SSSR count). The fourth-order valence-corrected chi connectivity index (χ4v) is 1.86. The van der Waals surface area contributed by atoms with Crippen molar-refractivity contribution in [3.8, 4) is 5.75 Å². The molecule has 5 nitrogen and oxygen atoms in total. The summed E-state index contributed by atoms with van der Waals surface area (Å²) in [7, 11) is 0. The average molecular weight is 307 g/mol. The van der Waals surface area contributed by atoms with Crippen LogP contribution in [0, 0.1) is 5.92 Å². The Morgan fingerprint density at radius 3 is 2.64 bits per heavy atom. The second kappa shape index (κ2) is 9.82. The van der Waals surface area contributed by atoms with Crippen LogP contribution in [0.2, 0.25) is 0 Å². The number of hydrogen-bond acceptors (Lipinski definition) is 3. The molecule has 2 N–H and O–H groups in total. The number of carbonyl (C=O) groups excluding carboxylic acids is 1. The second-order valence-electron chi connectivity index (χ2n) is 5.71. The van der Waals surface area contributed by atoms with Crippen molar-refractivity contribution in [1.29, 1.82) is 0 Å². The third kappa shape index (κ3) is 8.29. The van der Waals surface area contributed by atoms with Gasteiger partial charge in [-0.3, -0.25) is 9.59 Å². The summed E-state index contributed by atoms with van der Waals surface area (Å²) >= 11 is 0. The molecule has 1 aromatic carbocycles. The first-order valence-electron chi connectivity index (χ1n) is 7.72. The Morgan fingerprint density at radius 1 is 1.23 bits per heavy atom. The topological polar surface area (TPSA) is 75.6 Å². The monoisotopic (exact) mass is 307 g/mol. The van der Waals surface area contributed by atoms with E-state index in [2.05, 4.69) is 19.2 Å². The number of carboxylic acid groups (broad SMARTS) is 1. The lowest BCUT2D eigenvalue weighted by Gasteiger charge is -2.10. The molecule has 0 heterocycles. The van der Waals surface area contributed by atoms with E-state index in [-0.39, 0.29) is 12.3 Å². The quantitative estimate of drug-likeness (QED) is 0.646. The van der Waals surface area contributed by atoms with Gasteiger partial charge in [-0.05, 0) is 37.3 Å². The molecule has 1 amide bonds. The molecule has 0 spiro atoms. The van der Waals surface area contributed by atoms with Crippen LogP contribution in [-0.2, 0) is 9.59 Å². The first-order chi connectivity index (χ1) is 10.5. The molecule has 1 aromatic rings. The average Bonchev–Trinajstić information content (AvgIpc) is 2.43. The summed E-state index contributed by atoms with van der Waals surface area (Å²) in [6.45, 7) is 4.94. The van der Waals surface area contributed by atoms with Crippen molar-refractivity contribution in [2.45, 2.75) is 46.0 Å². The summed E-state index contributed by atoms with van der Waals surface area (Å²) in [5.41, 5.74) is 0.699. The third-order valence-corrected chi connectivity index (χ3v) is 3.13. The number of rotatable bonds is 10. The van der Waals surface area contributed by atoms with Crippen LogP contribution in [0.5, 0.6) is 5.75 Å². The maximum atomic E-state index is 11.8. The minimum absolute atomic E-state index is 0.104. The molecule has 0 aliphatic heterocycles. The van der Waals surface area contributed by atoms with Crippen molar-refractivity contribution in [3.05, 3.63) is 24.3 Å². The highest BCUT2D eigenvalue weighted by Crippen LogP contribution is 2.18. The van der Waals surface area contributed by atoms with E-state index in [0.29, 0.717) is 37.5 Å². The molecule has 5 heteroatoms. The Hall–Kier alpha value is -2.04. The molecule has 0 fully saturated rings. The largest absolute Gasteiger partial charge is 0.494 e. The van der Waals surface area contributed by atoms with Crippen molar-refractivity contribution >= 4 is 17.6 Å². The molecular weight excluding hydrogens is 282 g/mol. The number of carboxylic acids is 1. The van der Waals surface area contributed by atoms with E-state index in [1.165, 1.54) is 0 Å². The zero-order valence-electron chi connectivity index (χ0n) is 13.3. The lowest BCUT2D eigenvalue weighted by Crippen LogP contribution is -2.11. The van der Waals surface area contributed by atoms with Gasteiger partial charge in [-0.2, -0.15) is 0 Å². The summed E-state index contributed by atoms with van der Waals surface area (Å²) < 4.78 is 5.65. The van der Waals surface area contributed by atoms with Gasteiger partial charge in [-0.25, -0.2) is 0 Å².